The lowest BCUT2D eigenvalue weighted by Crippen LogP contribution is -2.38. The van der Waals surface area contributed by atoms with Crippen LogP contribution in [0.2, 0.25) is 0 Å². The zero-order chi connectivity index (χ0) is 10.9. The molecule has 1 amide bonds. The first-order valence-electron chi connectivity index (χ1n) is 4.87. The predicted octanol–water partition coefficient (Wildman–Crippen LogP) is 2.01. The van der Waals surface area contributed by atoms with Crippen LogP contribution in [0.3, 0.4) is 0 Å². The fourth-order valence-electron chi connectivity index (χ4n) is 1.48. The number of rotatable bonds is 3. The Hall–Kier alpha value is -1.58. The highest BCUT2D eigenvalue weighted by Crippen LogP contribution is 2.37. The summed E-state index contributed by atoms with van der Waals surface area (Å²) in [5.74, 6) is -1.73. The van der Waals surface area contributed by atoms with Crippen LogP contribution in [-0.4, -0.2) is 11.8 Å². The highest BCUT2D eigenvalue weighted by atomic mass is 19.2. The van der Waals surface area contributed by atoms with Crippen molar-refractivity contribution in [1.82, 2.24) is 0 Å². The zero-order valence-electron chi connectivity index (χ0n) is 8.20. The zero-order valence-corrected chi connectivity index (χ0v) is 8.20. The monoisotopic (exact) mass is 209 g/mol. The van der Waals surface area contributed by atoms with Gasteiger partial charge in [-0.25, -0.2) is 0 Å². The molecule has 2 rings (SSSR count). The van der Waals surface area contributed by atoms with E-state index in [9.17, 15) is 9.18 Å². The summed E-state index contributed by atoms with van der Waals surface area (Å²) in [5.41, 5.74) is 5.43. The lowest BCUT2D eigenvalue weighted by molar-refractivity contribution is -0.123. The Morgan fingerprint density at radius 3 is 2.73 bits per heavy atom. The van der Waals surface area contributed by atoms with Gasteiger partial charge in [-0.3, -0.25) is 4.79 Å². The maximum atomic E-state index is 13.6. The van der Waals surface area contributed by atoms with E-state index < -0.39 is 11.8 Å². The number of carbonyl (C=O) groups excluding carboxylic acids is 1. The fraction of sp³-hybridized carbons (Fsp3) is 0.364. The van der Waals surface area contributed by atoms with Crippen molar-refractivity contribution in [2.75, 3.05) is 0 Å². The van der Waals surface area contributed by atoms with Gasteiger partial charge in [-0.15, -0.1) is 0 Å². The minimum Gasteiger partial charge on any atom is -0.458 e. The molecule has 0 bridgehead atoms. The predicted molar refractivity (Wildman–Crippen MR) is 53.3 cm³/mol. The molecule has 1 saturated carbocycles. The van der Waals surface area contributed by atoms with Gasteiger partial charge >= 0.3 is 0 Å². The molecule has 0 heterocycles. The Kier molecular flexibility index (Phi) is 2.34. The summed E-state index contributed by atoms with van der Waals surface area (Å²) >= 11 is 0. The van der Waals surface area contributed by atoms with E-state index >= 15 is 0 Å². The second kappa shape index (κ2) is 3.53. The van der Waals surface area contributed by atoms with Gasteiger partial charge in [-0.05, 0) is 24.6 Å². The Balaban J connectivity index is 2.14. The number of hydrogen-bond acceptors (Lipinski definition) is 2. The minimum atomic E-state index is -1.55. The SMILES string of the molecule is NC(=O)c1cccc(OC2(F)CCC2)c1. The molecule has 15 heavy (non-hydrogen) atoms. The number of hydrogen-bond donors (Lipinski definition) is 1. The molecular weight excluding hydrogens is 197 g/mol. The van der Waals surface area contributed by atoms with Gasteiger partial charge in [0.05, 0.1) is 0 Å². The average molecular weight is 209 g/mol. The minimum absolute atomic E-state index is 0.329. The van der Waals surface area contributed by atoms with E-state index in [4.69, 9.17) is 10.5 Å². The molecule has 0 spiro atoms. The molecule has 0 unspecified atom stereocenters. The van der Waals surface area contributed by atoms with Crippen molar-refractivity contribution in [3.05, 3.63) is 29.8 Å². The van der Waals surface area contributed by atoms with Crippen LogP contribution in [0, 0.1) is 0 Å². The van der Waals surface area contributed by atoms with Gasteiger partial charge < -0.3 is 10.5 Å². The van der Waals surface area contributed by atoms with Gasteiger partial charge in [0, 0.05) is 18.4 Å². The third-order valence-corrected chi connectivity index (χ3v) is 2.52. The summed E-state index contributed by atoms with van der Waals surface area (Å²) in [6.07, 6.45) is 1.66. The molecular formula is C11H12FNO2. The summed E-state index contributed by atoms with van der Waals surface area (Å²) in [7, 11) is 0. The van der Waals surface area contributed by atoms with E-state index in [-0.39, 0.29) is 0 Å². The number of amides is 1. The van der Waals surface area contributed by atoms with Gasteiger partial charge in [-0.2, -0.15) is 4.39 Å². The number of primary amides is 1. The third kappa shape index (κ3) is 2.09. The number of ether oxygens (including phenoxy) is 1. The summed E-state index contributed by atoms with van der Waals surface area (Å²) in [5, 5.41) is 0. The van der Waals surface area contributed by atoms with Crippen molar-refractivity contribution in [2.24, 2.45) is 5.73 Å². The second-order valence-electron chi connectivity index (χ2n) is 3.73. The lowest BCUT2D eigenvalue weighted by atomic mass is 9.93. The largest absolute Gasteiger partial charge is 0.458 e. The first-order chi connectivity index (χ1) is 7.09. The molecule has 0 radical (unpaired) electrons. The Morgan fingerprint density at radius 1 is 1.47 bits per heavy atom. The summed E-state index contributed by atoms with van der Waals surface area (Å²) < 4.78 is 18.7. The highest BCUT2D eigenvalue weighted by Gasteiger charge is 2.39. The molecule has 0 saturated heterocycles. The molecule has 0 aromatic heterocycles. The standard InChI is InChI=1S/C11H12FNO2/c12-11(5-2-6-11)15-9-4-1-3-8(7-9)10(13)14/h1,3-4,7H,2,5-6H2,(H2,13,14). The average Bonchev–Trinajstić information content (AvgIpc) is 2.16. The number of alkyl halides is 1. The number of benzene rings is 1. The fourth-order valence-corrected chi connectivity index (χ4v) is 1.48. The summed E-state index contributed by atoms with van der Waals surface area (Å²) in [4.78, 5) is 10.9. The van der Waals surface area contributed by atoms with Crippen molar-refractivity contribution >= 4 is 5.91 Å². The van der Waals surface area contributed by atoms with E-state index in [1.807, 2.05) is 0 Å². The molecule has 1 aromatic carbocycles. The van der Waals surface area contributed by atoms with E-state index in [2.05, 4.69) is 0 Å². The van der Waals surface area contributed by atoms with Crippen LogP contribution in [0.15, 0.2) is 24.3 Å². The van der Waals surface area contributed by atoms with Crippen LogP contribution in [0.5, 0.6) is 5.75 Å². The lowest BCUT2D eigenvalue weighted by Gasteiger charge is -2.33. The van der Waals surface area contributed by atoms with E-state index in [0.717, 1.165) is 6.42 Å². The first kappa shape index (κ1) is 9.96. The van der Waals surface area contributed by atoms with E-state index in [1.54, 1.807) is 18.2 Å². The van der Waals surface area contributed by atoms with Crippen LogP contribution in [0.4, 0.5) is 4.39 Å². The van der Waals surface area contributed by atoms with Crippen LogP contribution in [-0.2, 0) is 0 Å². The molecule has 0 aliphatic heterocycles. The van der Waals surface area contributed by atoms with Crippen LogP contribution in [0.1, 0.15) is 29.6 Å². The maximum Gasteiger partial charge on any atom is 0.248 e. The number of nitrogens with two attached hydrogens (primary N) is 1. The highest BCUT2D eigenvalue weighted by molar-refractivity contribution is 5.93. The third-order valence-electron chi connectivity index (χ3n) is 2.52. The second-order valence-corrected chi connectivity index (χ2v) is 3.73. The smallest absolute Gasteiger partial charge is 0.248 e. The maximum absolute atomic E-state index is 13.6. The number of halogens is 1. The van der Waals surface area contributed by atoms with Crippen molar-refractivity contribution in [2.45, 2.75) is 25.1 Å². The molecule has 80 valence electrons. The molecule has 1 fully saturated rings. The first-order valence-corrected chi connectivity index (χ1v) is 4.87. The van der Waals surface area contributed by atoms with Gasteiger partial charge in [0.2, 0.25) is 11.8 Å². The van der Waals surface area contributed by atoms with Crippen molar-refractivity contribution in [3.8, 4) is 5.75 Å². The normalized spacial score (nSPS) is 17.9. The van der Waals surface area contributed by atoms with Crippen LogP contribution >= 0.6 is 0 Å². The Bertz CT molecular complexity index is 388. The van der Waals surface area contributed by atoms with Gasteiger partial charge in [0.1, 0.15) is 5.75 Å². The van der Waals surface area contributed by atoms with Crippen molar-refractivity contribution < 1.29 is 13.9 Å². The molecule has 1 aliphatic rings. The van der Waals surface area contributed by atoms with Crippen LogP contribution in [0.25, 0.3) is 0 Å². The summed E-state index contributed by atoms with van der Waals surface area (Å²) in [6, 6.07) is 6.27. The van der Waals surface area contributed by atoms with Crippen molar-refractivity contribution in [3.63, 3.8) is 0 Å². The molecule has 1 aliphatic carbocycles. The molecule has 4 heteroatoms. The van der Waals surface area contributed by atoms with Gasteiger partial charge in [0.25, 0.3) is 0 Å². The molecule has 0 atom stereocenters. The Morgan fingerprint density at radius 2 is 2.20 bits per heavy atom. The molecule has 1 aromatic rings. The Labute approximate surface area is 87.0 Å². The number of carbonyl (C=O) groups is 1. The van der Waals surface area contributed by atoms with Crippen molar-refractivity contribution in [1.29, 1.82) is 0 Å². The molecule has 3 nitrogen and oxygen atoms in total. The quantitative estimate of drug-likeness (QED) is 0.827. The van der Waals surface area contributed by atoms with E-state index in [1.165, 1.54) is 6.07 Å². The summed E-state index contributed by atoms with van der Waals surface area (Å²) in [6.45, 7) is 0. The van der Waals surface area contributed by atoms with E-state index in [0.29, 0.717) is 24.2 Å². The topological polar surface area (TPSA) is 52.3 Å². The van der Waals surface area contributed by atoms with Crippen LogP contribution < -0.4 is 10.5 Å². The van der Waals surface area contributed by atoms with Gasteiger partial charge in [-0.1, -0.05) is 6.07 Å². The van der Waals surface area contributed by atoms with Gasteiger partial charge in [0.15, 0.2) is 0 Å². The molecule has 2 N–H and O–H groups in total.